The Morgan fingerprint density at radius 3 is 2.82 bits per heavy atom. The van der Waals surface area contributed by atoms with E-state index in [9.17, 15) is 0 Å². The van der Waals surface area contributed by atoms with Gasteiger partial charge in [0.2, 0.25) is 0 Å². The molecule has 0 aliphatic carbocycles. The van der Waals surface area contributed by atoms with E-state index >= 15 is 0 Å². The van der Waals surface area contributed by atoms with E-state index in [1.54, 1.807) is 11.3 Å². The van der Waals surface area contributed by atoms with E-state index in [4.69, 9.17) is 11.6 Å². The van der Waals surface area contributed by atoms with Crippen LogP contribution in [0, 0.1) is 0 Å². The molecule has 0 amide bonds. The van der Waals surface area contributed by atoms with Crippen LogP contribution in [0.5, 0.6) is 0 Å². The Hall–Kier alpha value is -0.450. The summed E-state index contributed by atoms with van der Waals surface area (Å²) >= 11 is 11.3. The Bertz CT molecular complexity index is 501. The van der Waals surface area contributed by atoms with Crippen LogP contribution in [0.4, 0.5) is 0 Å². The van der Waals surface area contributed by atoms with Gasteiger partial charge in [0, 0.05) is 11.4 Å². The second-order valence-corrected chi connectivity index (χ2v) is 6.28. The lowest BCUT2D eigenvalue weighted by Gasteiger charge is -2.00. The van der Waals surface area contributed by atoms with E-state index in [0.29, 0.717) is 4.83 Å². The van der Waals surface area contributed by atoms with Gasteiger partial charge in [-0.25, -0.2) is 0 Å². The molecular weight excluding hydrogens is 320 g/mol. The van der Waals surface area contributed by atoms with Crippen molar-refractivity contribution in [1.82, 2.24) is 10.2 Å². The highest BCUT2D eigenvalue weighted by molar-refractivity contribution is 9.09. The molecule has 0 aliphatic rings. The van der Waals surface area contributed by atoms with Crippen molar-refractivity contribution in [3.05, 3.63) is 44.9 Å². The highest BCUT2D eigenvalue weighted by atomic mass is 79.9. The van der Waals surface area contributed by atoms with Crippen molar-refractivity contribution < 1.29 is 0 Å². The summed E-state index contributed by atoms with van der Waals surface area (Å²) < 4.78 is 0. The summed E-state index contributed by atoms with van der Waals surface area (Å²) in [6.07, 6.45) is 1.77. The van der Waals surface area contributed by atoms with E-state index in [1.807, 2.05) is 24.3 Å². The quantitative estimate of drug-likeness (QED) is 0.763. The second kappa shape index (κ2) is 5.94. The van der Waals surface area contributed by atoms with Gasteiger partial charge in [-0.05, 0) is 18.1 Å². The fraction of sp³-hybridized carbons (Fsp3) is 0.333. The fourth-order valence-corrected chi connectivity index (χ4v) is 2.95. The van der Waals surface area contributed by atoms with E-state index in [-0.39, 0.29) is 0 Å². The molecule has 1 aromatic carbocycles. The standard InChI is InChI=1S/C12H12BrClN2S/c1-2-9(13)12-16-15-11(17-12)7-8-5-3-4-6-10(8)14/h3-6,9H,2,7H2,1H3. The first-order valence-corrected chi connectivity index (χ1v) is 7.51. The summed E-state index contributed by atoms with van der Waals surface area (Å²) in [7, 11) is 0. The van der Waals surface area contributed by atoms with Gasteiger partial charge in [-0.2, -0.15) is 0 Å². The Labute approximate surface area is 118 Å². The van der Waals surface area contributed by atoms with Crippen LogP contribution in [-0.2, 0) is 6.42 Å². The maximum absolute atomic E-state index is 6.12. The first-order valence-electron chi connectivity index (χ1n) is 5.40. The van der Waals surface area contributed by atoms with Gasteiger partial charge in [-0.15, -0.1) is 10.2 Å². The molecule has 2 rings (SSSR count). The first-order chi connectivity index (χ1) is 8.20. The highest BCUT2D eigenvalue weighted by Crippen LogP contribution is 2.29. The molecule has 0 aliphatic heterocycles. The van der Waals surface area contributed by atoms with Crippen LogP contribution in [0.25, 0.3) is 0 Å². The zero-order valence-electron chi connectivity index (χ0n) is 9.36. The third-order valence-corrected chi connectivity index (χ3v) is 5.20. The van der Waals surface area contributed by atoms with Gasteiger partial charge in [0.15, 0.2) is 0 Å². The molecule has 0 saturated carbocycles. The third-order valence-electron chi connectivity index (χ3n) is 2.41. The number of rotatable bonds is 4. The number of hydrogen-bond acceptors (Lipinski definition) is 3. The Morgan fingerprint density at radius 2 is 2.12 bits per heavy atom. The van der Waals surface area contributed by atoms with Gasteiger partial charge < -0.3 is 0 Å². The molecule has 90 valence electrons. The molecule has 0 N–H and O–H groups in total. The van der Waals surface area contributed by atoms with Crippen molar-refractivity contribution in [3.63, 3.8) is 0 Å². The summed E-state index contributed by atoms with van der Waals surface area (Å²) in [5.74, 6) is 0. The highest BCUT2D eigenvalue weighted by Gasteiger charge is 2.12. The molecular formula is C12H12BrClN2S. The first kappa shape index (κ1) is 13.0. The SMILES string of the molecule is CCC(Br)c1nnc(Cc2ccccc2Cl)s1. The molecule has 5 heteroatoms. The monoisotopic (exact) mass is 330 g/mol. The molecule has 1 aromatic heterocycles. The zero-order valence-corrected chi connectivity index (χ0v) is 12.5. The van der Waals surface area contributed by atoms with Crippen LogP contribution in [0.2, 0.25) is 5.02 Å². The number of benzene rings is 1. The molecule has 2 aromatic rings. The van der Waals surface area contributed by atoms with Crippen LogP contribution in [-0.4, -0.2) is 10.2 Å². The van der Waals surface area contributed by atoms with Crippen molar-refractivity contribution in [2.24, 2.45) is 0 Å². The smallest absolute Gasteiger partial charge is 0.131 e. The van der Waals surface area contributed by atoms with E-state index in [0.717, 1.165) is 33.4 Å². The maximum Gasteiger partial charge on any atom is 0.131 e. The predicted octanol–water partition coefficient (Wildman–Crippen LogP) is 4.63. The second-order valence-electron chi connectivity index (χ2n) is 3.68. The van der Waals surface area contributed by atoms with Gasteiger partial charge in [0.25, 0.3) is 0 Å². The maximum atomic E-state index is 6.12. The normalized spacial score (nSPS) is 12.6. The number of hydrogen-bond donors (Lipinski definition) is 0. The van der Waals surface area contributed by atoms with Crippen LogP contribution < -0.4 is 0 Å². The van der Waals surface area contributed by atoms with Crippen LogP contribution in [0.15, 0.2) is 24.3 Å². The number of halogens is 2. The minimum atomic E-state index is 0.306. The lowest BCUT2D eigenvalue weighted by molar-refractivity contribution is 0.862. The topological polar surface area (TPSA) is 25.8 Å². The van der Waals surface area contributed by atoms with Gasteiger partial charge in [0.05, 0.1) is 4.83 Å². The van der Waals surface area contributed by atoms with Crippen LogP contribution >= 0.6 is 38.9 Å². The Morgan fingerprint density at radius 1 is 1.35 bits per heavy atom. The predicted molar refractivity (Wildman–Crippen MR) is 76.1 cm³/mol. The van der Waals surface area contributed by atoms with Crippen molar-refractivity contribution in [2.45, 2.75) is 24.6 Å². The molecule has 0 saturated heterocycles. The molecule has 1 unspecified atom stereocenters. The zero-order chi connectivity index (χ0) is 12.3. The van der Waals surface area contributed by atoms with Gasteiger partial charge >= 0.3 is 0 Å². The van der Waals surface area contributed by atoms with E-state index in [2.05, 4.69) is 33.1 Å². The van der Waals surface area contributed by atoms with E-state index < -0.39 is 0 Å². The summed E-state index contributed by atoms with van der Waals surface area (Å²) in [6.45, 7) is 2.12. The van der Waals surface area contributed by atoms with Crippen molar-refractivity contribution >= 4 is 38.9 Å². The fourth-order valence-electron chi connectivity index (χ4n) is 1.44. The molecule has 0 fully saturated rings. The van der Waals surface area contributed by atoms with Crippen molar-refractivity contribution in [1.29, 1.82) is 0 Å². The van der Waals surface area contributed by atoms with Gasteiger partial charge in [0.1, 0.15) is 10.0 Å². The minimum Gasteiger partial charge on any atom is -0.143 e. The lowest BCUT2D eigenvalue weighted by Crippen LogP contribution is -1.88. The van der Waals surface area contributed by atoms with Crippen LogP contribution in [0.1, 0.15) is 33.8 Å². The summed E-state index contributed by atoms with van der Waals surface area (Å²) in [5, 5.41) is 11.2. The molecule has 0 radical (unpaired) electrons. The van der Waals surface area contributed by atoms with Crippen molar-refractivity contribution in [3.8, 4) is 0 Å². The summed E-state index contributed by atoms with van der Waals surface area (Å²) in [5.41, 5.74) is 1.10. The third kappa shape index (κ3) is 3.27. The Kier molecular flexibility index (Phi) is 4.54. The Balaban J connectivity index is 2.14. The molecule has 0 bridgehead atoms. The molecule has 1 heterocycles. The van der Waals surface area contributed by atoms with Gasteiger partial charge in [-0.3, -0.25) is 0 Å². The summed E-state index contributed by atoms with van der Waals surface area (Å²) in [4.78, 5) is 0.306. The van der Waals surface area contributed by atoms with Crippen molar-refractivity contribution in [2.75, 3.05) is 0 Å². The van der Waals surface area contributed by atoms with Crippen LogP contribution in [0.3, 0.4) is 0 Å². The lowest BCUT2D eigenvalue weighted by atomic mass is 10.2. The molecule has 2 nitrogen and oxygen atoms in total. The number of alkyl halides is 1. The molecule has 0 spiro atoms. The van der Waals surface area contributed by atoms with E-state index in [1.165, 1.54) is 0 Å². The number of aromatic nitrogens is 2. The molecule has 1 atom stereocenters. The largest absolute Gasteiger partial charge is 0.143 e. The molecule has 17 heavy (non-hydrogen) atoms. The number of nitrogens with zero attached hydrogens (tertiary/aromatic N) is 2. The average Bonchev–Trinajstić information content (AvgIpc) is 2.80. The average molecular weight is 332 g/mol. The minimum absolute atomic E-state index is 0.306. The van der Waals surface area contributed by atoms with Gasteiger partial charge in [-0.1, -0.05) is 64.0 Å². The summed E-state index contributed by atoms with van der Waals surface area (Å²) in [6, 6.07) is 7.85.